The number of pyridine rings is 1. The third kappa shape index (κ3) is 3.16. The molecular formula is C15H19N3O. The molecule has 0 fully saturated rings. The number of nitrogens with zero attached hydrogens (tertiary/aromatic N) is 2. The Bertz CT molecular complexity index is 567. The van der Waals surface area contributed by atoms with E-state index in [4.69, 9.17) is 10.5 Å². The molecule has 0 amide bonds. The second-order valence-corrected chi connectivity index (χ2v) is 4.67. The zero-order valence-electron chi connectivity index (χ0n) is 11.6. The fourth-order valence-electron chi connectivity index (χ4n) is 1.74. The molecule has 0 spiro atoms. The molecule has 2 aromatic rings. The second kappa shape index (κ2) is 5.61. The largest absolute Gasteiger partial charge is 0.485 e. The number of hydrogen-bond donors (Lipinski definition) is 1. The molecule has 1 aromatic heterocycles. The van der Waals surface area contributed by atoms with E-state index in [0.717, 1.165) is 16.9 Å². The van der Waals surface area contributed by atoms with Crippen LogP contribution in [0.5, 0.6) is 5.75 Å². The molecule has 0 atom stereocenters. The molecule has 4 nitrogen and oxygen atoms in total. The molecule has 2 N–H and O–H groups in total. The summed E-state index contributed by atoms with van der Waals surface area (Å²) < 4.78 is 5.78. The summed E-state index contributed by atoms with van der Waals surface area (Å²) >= 11 is 0. The molecule has 2 rings (SSSR count). The van der Waals surface area contributed by atoms with Crippen molar-refractivity contribution in [3.05, 3.63) is 47.8 Å². The molecule has 0 bridgehead atoms. The number of benzene rings is 1. The number of aryl methyl sites for hydroxylation is 1. The van der Waals surface area contributed by atoms with E-state index in [2.05, 4.69) is 4.98 Å². The lowest BCUT2D eigenvalue weighted by Crippen LogP contribution is -2.09. The molecule has 0 saturated carbocycles. The fourth-order valence-corrected chi connectivity index (χ4v) is 1.74. The van der Waals surface area contributed by atoms with Gasteiger partial charge in [0.2, 0.25) is 0 Å². The summed E-state index contributed by atoms with van der Waals surface area (Å²) in [6, 6.07) is 9.70. The predicted octanol–water partition coefficient (Wildman–Crippen LogP) is 2.62. The molecule has 0 unspecified atom stereocenters. The number of nitrogens with two attached hydrogens (primary N) is 1. The van der Waals surface area contributed by atoms with E-state index in [9.17, 15) is 0 Å². The van der Waals surface area contributed by atoms with Gasteiger partial charge in [-0.2, -0.15) is 0 Å². The number of nitrogen functional groups attached to an aromatic ring is 1. The van der Waals surface area contributed by atoms with Gasteiger partial charge >= 0.3 is 0 Å². The van der Waals surface area contributed by atoms with E-state index >= 15 is 0 Å². The minimum Gasteiger partial charge on any atom is -0.485 e. The molecule has 4 heteroatoms. The van der Waals surface area contributed by atoms with Gasteiger partial charge in [-0.3, -0.25) is 4.98 Å². The Kier molecular flexibility index (Phi) is 3.90. The average Bonchev–Trinajstić information content (AvgIpc) is 2.39. The first-order chi connectivity index (χ1) is 9.08. The van der Waals surface area contributed by atoms with Gasteiger partial charge in [0, 0.05) is 32.0 Å². The third-order valence-corrected chi connectivity index (χ3v) is 3.00. The summed E-state index contributed by atoms with van der Waals surface area (Å²) in [6.45, 7) is 2.44. The third-order valence-electron chi connectivity index (χ3n) is 3.00. The second-order valence-electron chi connectivity index (χ2n) is 4.67. The zero-order chi connectivity index (χ0) is 13.8. The van der Waals surface area contributed by atoms with E-state index in [0.29, 0.717) is 18.0 Å². The topological polar surface area (TPSA) is 51.4 Å². The molecular weight excluding hydrogens is 238 g/mol. The maximum Gasteiger partial charge on any atom is 0.144 e. The Hall–Kier alpha value is -2.23. The predicted molar refractivity (Wildman–Crippen MR) is 78.5 cm³/mol. The first-order valence-corrected chi connectivity index (χ1v) is 6.18. The minimum absolute atomic E-state index is 0.424. The molecule has 0 aliphatic heterocycles. The highest BCUT2D eigenvalue weighted by molar-refractivity contribution is 5.61. The van der Waals surface area contributed by atoms with E-state index in [1.807, 2.05) is 56.3 Å². The van der Waals surface area contributed by atoms with Crippen molar-refractivity contribution in [2.75, 3.05) is 24.7 Å². The Morgan fingerprint density at radius 2 is 2.05 bits per heavy atom. The van der Waals surface area contributed by atoms with Gasteiger partial charge < -0.3 is 15.4 Å². The Labute approximate surface area is 113 Å². The summed E-state index contributed by atoms with van der Waals surface area (Å²) in [4.78, 5) is 6.32. The van der Waals surface area contributed by atoms with Crippen molar-refractivity contribution < 1.29 is 4.74 Å². The van der Waals surface area contributed by atoms with Gasteiger partial charge in [-0.15, -0.1) is 0 Å². The van der Waals surface area contributed by atoms with Gasteiger partial charge in [-0.05, 0) is 30.7 Å². The van der Waals surface area contributed by atoms with Crippen molar-refractivity contribution in [2.24, 2.45) is 0 Å². The minimum atomic E-state index is 0.424. The van der Waals surface area contributed by atoms with Crippen LogP contribution >= 0.6 is 0 Å². The first kappa shape index (κ1) is 13.2. The quantitative estimate of drug-likeness (QED) is 0.855. The van der Waals surface area contributed by atoms with Gasteiger partial charge in [0.25, 0.3) is 0 Å². The molecule has 19 heavy (non-hydrogen) atoms. The maximum absolute atomic E-state index is 5.93. The Morgan fingerprint density at radius 3 is 2.74 bits per heavy atom. The highest BCUT2D eigenvalue weighted by Crippen LogP contribution is 2.27. The van der Waals surface area contributed by atoms with Crippen LogP contribution in [0.1, 0.15) is 11.3 Å². The van der Waals surface area contributed by atoms with Gasteiger partial charge in [0.1, 0.15) is 12.4 Å². The first-order valence-electron chi connectivity index (χ1n) is 6.18. The SMILES string of the molecule is Cc1cccnc1COc1cc(N(C)C)ccc1N. The standard InChI is InChI=1S/C15H19N3O/c1-11-5-4-8-17-14(11)10-19-15-9-12(18(2)3)6-7-13(15)16/h4-9H,10,16H2,1-3H3. The lowest BCUT2D eigenvalue weighted by Gasteiger charge is -2.16. The number of ether oxygens (including phenoxy) is 1. The maximum atomic E-state index is 5.93. The number of rotatable bonds is 4. The van der Waals surface area contributed by atoms with Crippen LogP contribution in [0.25, 0.3) is 0 Å². The van der Waals surface area contributed by atoms with Crippen molar-refractivity contribution in [1.82, 2.24) is 4.98 Å². The van der Waals surface area contributed by atoms with Gasteiger partial charge in [0.05, 0.1) is 11.4 Å². The summed E-state index contributed by atoms with van der Waals surface area (Å²) in [5.74, 6) is 0.691. The van der Waals surface area contributed by atoms with E-state index in [1.54, 1.807) is 6.20 Å². The molecule has 0 aliphatic carbocycles. The highest BCUT2D eigenvalue weighted by atomic mass is 16.5. The highest BCUT2D eigenvalue weighted by Gasteiger charge is 2.06. The van der Waals surface area contributed by atoms with Crippen molar-refractivity contribution in [3.63, 3.8) is 0 Å². The molecule has 0 aliphatic rings. The lowest BCUT2D eigenvalue weighted by atomic mass is 10.2. The van der Waals surface area contributed by atoms with Gasteiger partial charge in [-0.1, -0.05) is 6.07 Å². The van der Waals surface area contributed by atoms with Gasteiger partial charge in [0.15, 0.2) is 0 Å². The molecule has 0 saturated heterocycles. The summed E-state index contributed by atoms with van der Waals surface area (Å²) in [6.07, 6.45) is 1.77. The van der Waals surface area contributed by atoms with Crippen LogP contribution in [0.3, 0.4) is 0 Å². The van der Waals surface area contributed by atoms with Gasteiger partial charge in [-0.25, -0.2) is 0 Å². The van der Waals surface area contributed by atoms with Crippen molar-refractivity contribution in [1.29, 1.82) is 0 Å². The molecule has 1 aromatic carbocycles. The molecule has 100 valence electrons. The van der Waals surface area contributed by atoms with Crippen molar-refractivity contribution >= 4 is 11.4 Å². The Morgan fingerprint density at radius 1 is 1.26 bits per heavy atom. The van der Waals surface area contributed by atoms with E-state index < -0.39 is 0 Å². The molecule has 0 radical (unpaired) electrons. The van der Waals surface area contributed by atoms with Crippen LogP contribution in [0.2, 0.25) is 0 Å². The molecule has 1 heterocycles. The normalized spacial score (nSPS) is 10.3. The number of anilines is 2. The van der Waals surface area contributed by atoms with Crippen LogP contribution in [0.4, 0.5) is 11.4 Å². The van der Waals surface area contributed by atoms with Crippen LogP contribution in [0.15, 0.2) is 36.5 Å². The summed E-state index contributed by atoms with van der Waals surface area (Å²) in [5, 5.41) is 0. The smallest absolute Gasteiger partial charge is 0.144 e. The number of aromatic nitrogens is 1. The van der Waals surface area contributed by atoms with Crippen molar-refractivity contribution in [2.45, 2.75) is 13.5 Å². The van der Waals surface area contributed by atoms with E-state index in [-0.39, 0.29) is 0 Å². The number of hydrogen-bond acceptors (Lipinski definition) is 4. The Balaban J connectivity index is 2.15. The lowest BCUT2D eigenvalue weighted by molar-refractivity contribution is 0.302. The zero-order valence-corrected chi connectivity index (χ0v) is 11.6. The van der Waals surface area contributed by atoms with Crippen LogP contribution in [-0.4, -0.2) is 19.1 Å². The van der Waals surface area contributed by atoms with Crippen LogP contribution < -0.4 is 15.4 Å². The van der Waals surface area contributed by atoms with E-state index in [1.165, 1.54) is 0 Å². The summed E-state index contributed by atoms with van der Waals surface area (Å²) in [7, 11) is 3.97. The van der Waals surface area contributed by atoms with Crippen molar-refractivity contribution in [3.8, 4) is 5.75 Å². The van der Waals surface area contributed by atoms with Crippen LogP contribution in [-0.2, 0) is 6.61 Å². The summed E-state index contributed by atoms with van der Waals surface area (Å²) in [5.41, 5.74) is 9.67. The fraction of sp³-hybridized carbons (Fsp3) is 0.267. The van der Waals surface area contributed by atoms with Crippen LogP contribution in [0, 0.1) is 6.92 Å². The monoisotopic (exact) mass is 257 g/mol. The average molecular weight is 257 g/mol.